The molecular weight excluding hydrogens is 316 g/mol. The van der Waals surface area contributed by atoms with Crippen LogP contribution in [0.4, 0.5) is 0 Å². The monoisotopic (exact) mass is 328 g/mol. The zero-order chi connectivity index (χ0) is 17.3. The van der Waals surface area contributed by atoms with Crippen molar-refractivity contribution in [3.63, 3.8) is 0 Å². The summed E-state index contributed by atoms with van der Waals surface area (Å²) in [5.41, 5.74) is -1.80. The van der Waals surface area contributed by atoms with Crippen LogP contribution in [0.1, 0.15) is 11.1 Å². The van der Waals surface area contributed by atoms with E-state index in [4.69, 9.17) is 9.15 Å². The van der Waals surface area contributed by atoms with Gasteiger partial charge in [-0.1, -0.05) is 12.1 Å². The van der Waals surface area contributed by atoms with E-state index in [1.165, 1.54) is 13.2 Å². The van der Waals surface area contributed by atoms with Crippen molar-refractivity contribution in [1.29, 1.82) is 5.26 Å². The lowest BCUT2D eigenvalue weighted by Gasteiger charge is -2.10. The van der Waals surface area contributed by atoms with Gasteiger partial charge in [-0.15, -0.1) is 0 Å². The topological polar surface area (TPSA) is 130 Å². The molecular formula is C15H12N4O5. The van der Waals surface area contributed by atoms with Crippen molar-refractivity contribution < 1.29 is 14.1 Å². The zero-order valence-electron chi connectivity index (χ0n) is 12.6. The van der Waals surface area contributed by atoms with Crippen molar-refractivity contribution in [3.8, 4) is 11.8 Å². The Morgan fingerprint density at radius 3 is 2.71 bits per heavy atom. The van der Waals surface area contributed by atoms with Crippen molar-refractivity contribution in [2.75, 3.05) is 20.2 Å². The van der Waals surface area contributed by atoms with Crippen LogP contribution in [0.5, 0.6) is 5.75 Å². The maximum atomic E-state index is 12.2. The maximum Gasteiger partial charge on any atom is 0.355 e. The summed E-state index contributed by atoms with van der Waals surface area (Å²) in [7, 11) is 1.39. The molecule has 0 atom stereocenters. The van der Waals surface area contributed by atoms with Crippen LogP contribution in [-0.2, 0) is 0 Å². The minimum atomic E-state index is -0.956. The summed E-state index contributed by atoms with van der Waals surface area (Å²) in [6, 6.07) is 6.41. The Morgan fingerprint density at radius 2 is 2.12 bits per heavy atom. The summed E-state index contributed by atoms with van der Waals surface area (Å²) in [5, 5.41) is 26.9. The summed E-state index contributed by atoms with van der Waals surface area (Å²) in [4.78, 5) is 23.2. The summed E-state index contributed by atoms with van der Waals surface area (Å²) in [5.74, 6) is 0.404. The van der Waals surface area contributed by atoms with E-state index in [9.17, 15) is 20.2 Å². The third-order valence-corrected chi connectivity index (χ3v) is 3.61. The van der Waals surface area contributed by atoms with Gasteiger partial charge >= 0.3 is 11.3 Å². The van der Waals surface area contributed by atoms with Crippen LogP contribution in [0.25, 0.3) is 16.7 Å². The van der Waals surface area contributed by atoms with Gasteiger partial charge < -0.3 is 19.8 Å². The van der Waals surface area contributed by atoms with E-state index in [1.54, 1.807) is 18.2 Å². The number of ether oxygens (including phenoxy) is 1. The lowest BCUT2D eigenvalue weighted by atomic mass is 10.0. The van der Waals surface area contributed by atoms with Gasteiger partial charge in [-0.3, -0.25) is 10.1 Å². The lowest BCUT2D eigenvalue weighted by molar-refractivity contribution is -0.376. The average molecular weight is 328 g/mol. The highest BCUT2D eigenvalue weighted by atomic mass is 16.6. The highest BCUT2D eigenvalue weighted by Gasteiger charge is 2.31. The highest BCUT2D eigenvalue weighted by Crippen LogP contribution is 2.33. The fraction of sp³-hybridized carbons (Fsp3) is 0.200. The van der Waals surface area contributed by atoms with Gasteiger partial charge in [-0.2, -0.15) is 5.26 Å². The van der Waals surface area contributed by atoms with E-state index in [1.807, 2.05) is 0 Å². The zero-order valence-corrected chi connectivity index (χ0v) is 12.6. The number of hydrogen-bond acceptors (Lipinski definition) is 8. The summed E-state index contributed by atoms with van der Waals surface area (Å²) >= 11 is 0. The molecule has 3 rings (SSSR count). The largest absolute Gasteiger partial charge is 0.493 e. The molecule has 2 N–H and O–H groups in total. The number of benzene rings is 1. The molecule has 1 fully saturated rings. The van der Waals surface area contributed by atoms with E-state index >= 15 is 0 Å². The first-order valence-electron chi connectivity index (χ1n) is 6.99. The number of rotatable bonds is 3. The van der Waals surface area contributed by atoms with Crippen molar-refractivity contribution in [2.24, 2.45) is 0 Å². The molecule has 1 aromatic carbocycles. The van der Waals surface area contributed by atoms with E-state index in [0.29, 0.717) is 13.1 Å². The van der Waals surface area contributed by atoms with Crippen LogP contribution >= 0.6 is 0 Å². The van der Waals surface area contributed by atoms with Crippen LogP contribution in [0.3, 0.4) is 0 Å². The second-order valence-corrected chi connectivity index (χ2v) is 4.92. The van der Waals surface area contributed by atoms with E-state index < -0.39 is 16.1 Å². The fourth-order valence-corrected chi connectivity index (χ4v) is 2.62. The second-order valence-electron chi connectivity index (χ2n) is 4.92. The Balaban J connectivity index is 2.50. The van der Waals surface area contributed by atoms with Crippen LogP contribution < -0.4 is 21.0 Å². The number of fused-ring (bicyclic) bond motifs is 1. The molecule has 0 unspecified atom stereocenters. The number of nitrogens with zero attached hydrogens (tertiary/aromatic N) is 2. The Morgan fingerprint density at radius 1 is 1.42 bits per heavy atom. The van der Waals surface area contributed by atoms with Gasteiger partial charge in [-0.05, 0) is 6.07 Å². The van der Waals surface area contributed by atoms with Crippen molar-refractivity contribution >= 4 is 16.7 Å². The molecule has 0 radical (unpaired) electrons. The number of methoxy groups -OCH3 is 1. The smallest absolute Gasteiger partial charge is 0.355 e. The quantitative estimate of drug-likeness (QED) is 0.480. The third kappa shape index (κ3) is 2.30. The Hall–Kier alpha value is -3.54. The number of nitro groups is 1. The molecule has 0 bridgehead atoms. The highest BCUT2D eigenvalue weighted by molar-refractivity contribution is 5.94. The molecule has 0 saturated carbocycles. The molecule has 1 aliphatic rings. The molecule has 122 valence electrons. The second kappa shape index (κ2) is 5.92. The first-order valence-corrected chi connectivity index (χ1v) is 6.99. The van der Waals surface area contributed by atoms with Gasteiger partial charge in [0.1, 0.15) is 6.07 Å². The molecule has 0 amide bonds. The van der Waals surface area contributed by atoms with Gasteiger partial charge in [0.2, 0.25) is 0 Å². The molecule has 0 spiro atoms. The minimum Gasteiger partial charge on any atom is -0.493 e. The van der Waals surface area contributed by atoms with Gasteiger partial charge in [0.25, 0.3) is 0 Å². The van der Waals surface area contributed by atoms with Gasteiger partial charge in [0, 0.05) is 18.5 Å². The molecule has 0 aliphatic carbocycles. The van der Waals surface area contributed by atoms with Gasteiger partial charge in [-0.25, -0.2) is 4.79 Å². The predicted octanol–water partition coefficient (Wildman–Crippen LogP) is 0.769. The number of nitrogens with one attached hydrogen (secondary N) is 2. The van der Waals surface area contributed by atoms with Crippen LogP contribution in [-0.4, -0.2) is 25.1 Å². The molecule has 1 aromatic heterocycles. The lowest BCUT2D eigenvalue weighted by Crippen LogP contribution is -2.20. The average Bonchev–Trinajstić information content (AvgIpc) is 3.08. The predicted molar refractivity (Wildman–Crippen MR) is 83.7 cm³/mol. The van der Waals surface area contributed by atoms with Crippen molar-refractivity contribution in [1.82, 2.24) is 10.6 Å². The molecule has 9 nitrogen and oxygen atoms in total. The standard InChI is InChI=1S/C15H12N4O5/c1-23-10-4-2-3-8-11(9(7-16)15(20)24-13(8)10)12(19(21)22)14-17-5-6-18-14/h2-4,17-18H,5-6H2,1H3. The summed E-state index contributed by atoms with van der Waals surface area (Å²) in [6.07, 6.45) is 0. The number of para-hydroxylation sites is 1. The van der Waals surface area contributed by atoms with Gasteiger partial charge in [0.05, 0.1) is 17.6 Å². The van der Waals surface area contributed by atoms with E-state index in [2.05, 4.69) is 10.6 Å². The maximum absolute atomic E-state index is 12.2. The van der Waals surface area contributed by atoms with E-state index in [0.717, 1.165) is 0 Å². The number of hydrogen-bond donors (Lipinski definition) is 2. The fourth-order valence-electron chi connectivity index (χ4n) is 2.62. The summed E-state index contributed by atoms with van der Waals surface area (Å²) in [6.45, 7) is 0.995. The first-order chi connectivity index (χ1) is 11.6. The Bertz CT molecular complexity index is 962. The molecule has 24 heavy (non-hydrogen) atoms. The van der Waals surface area contributed by atoms with Crippen LogP contribution in [0.15, 0.2) is 33.2 Å². The van der Waals surface area contributed by atoms with Crippen LogP contribution in [0.2, 0.25) is 0 Å². The molecule has 9 heteroatoms. The normalized spacial score (nSPS) is 13.1. The molecule has 2 aromatic rings. The Labute approximate surface area is 135 Å². The molecule has 1 saturated heterocycles. The summed E-state index contributed by atoms with van der Waals surface area (Å²) < 4.78 is 10.3. The Kier molecular flexibility index (Phi) is 3.79. The SMILES string of the molecule is COc1cccc2c(C(=C3NCCN3)[N+](=O)[O-])c(C#N)c(=O)oc12. The van der Waals surface area contributed by atoms with Crippen molar-refractivity contribution in [3.05, 3.63) is 55.7 Å². The molecule has 2 heterocycles. The molecule has 1 aliphatic heterocycles. The first kappa shape index (κ1) is 15.4. The third-order valence-electron chi connectivity index (χ3n) is 3.61. The van der Waals surface area contributed by atoms with Crippen LogP contribution in [0, 0.1) is 21.4 Å². The minimum absolute atomic E-state index is 0.0527. The van der Waals surface area contributed by atoms with E-state index in [-0.39, 0.29) is 33.8 Å². The number of nitriles is 1. The van der Waals surface area contributed by atoms with Gasteiger partial charge in [0.15, 0.2) is 22.7 Å². The van der Waals surface area contributed by atoms with Crippen molar-refractivity contribution in [2.45, 2.75) is 0 Å².